The van der Waals surface area contributed by atoms with Crippen LogP contribution in [0, 0.1) is 0 Å². The molecule has 15 heavy (non-hydrogen) atoms. The van der Waals surface area contributed by atoms with E-state index in [1.165, 1.54) is 0 Å². The van der Waals surface area contributed by atoms with Gasteiger partial charge in [0, 0.05) is 12.8 Å². The van der Waals surface area contributed by atoms with Gasteiger partial charge in [-0.3, -0.25) is 9.59 Å². The predicted molar refractivity (Wildman–Crippen MR) is 62.1 cm³/mol. The summed E-state index contributed by atoms with van der Waals surface area (Å²) in [7, 11) is 0. The molecule has 2 fully saturated rings. The van der Waals surface area contributed by atoms with Crippen LogP contribution in [0.15, 0.2) is 0 Å². The van der Waals surface area contributed by atoms with Gasteiger partial charge in [-0.1, -0.05) is 12.8 Å². The number of hydrogen-bond donors (Lipinski definition) is 0. The van der Waals surface area contributed by atoms with Crippen molar-refractivity contribution in [2.24, 2.45) is 0 Å². The highest BCUT2D eigenvalue weighted by molar-refractivity contribution is 8.01. The number of ketones is 2. The minimum atomic E-state index is 0.130. The van der Waals surface area contributed by atoms with Crippen molar-refractivity contribution in [3.8, 4) is 0 Å². The molecule has 0 bridgehead atoms. The van der Waals surface area contributed by atoms with Gasteiger partial charge in [0.15, 0.2) is 0 Å². The molecule has 0 heterocycles. The Balaban J connectivity index is 1.89. The fourth-order valence-electron chi connectivity index (χ4n) is 2.39. The Bertz CT molecular complexity index is 236. The quantitative estimate of drug-likeness (QED) is 0.726. The summed E-state index contributed by atoms with van der Waals surface area (Å²) in [6, 6.07) is 0. The maximum absolute atomic E-state index is 11.6. The first kappa shape index (κ1) is 11.2. The molecule has 2 aliphatic rings. The van der Waals surface area contributed by atoms with Gasteiger partial charge in [0.25, 0.3) is 0 Å². The first-order valence-electron chi connectivity index (χ1n) is 5.98. The van der Waals surface area contributed by atoms with Crippen molar-refractivity contribution in [1.29, 1.82) is 0 Å². The van der Waals surface area contributed by atoms with E-state index in [0.29, 0.717) is 11.6 Å². The topological polar surface area (TPSA) is 34.1 Å². The van der Waals surface area contributed by atoms with Gasteiger partial charge >= 0.3 is 0 Å². The number of hydrogen-bond acceptors (Lipinski definition) is 3. The van der Waals surface area contributed by atoms with Crippen LogP contribution in [0.5, 0.6) is 0 Å². The van der Waals surface area contributed by atoms with Crippen molar-refractivity contribution in [3.63, 3.8) is 0 Å². The van der Waals surface area contributed by atoms with Gasteiger partial charge in [-0.05, 0) is 25.7 Å². The van der Waals surface area contributed by atoms with Gasteiger partial charge < -0.3 is 0 Å². The molecular formula is C12H18O2S. The third kappa shape index (κ3) is 2.83. The Morgan fingerprint density at radius 2 is 1.27 bits per heavy atom. The Morgan fingerprint density at radius 3 is 1.67 bits per heavy atom. The van der Waals surface area contributed by atoms with Gasteiger partial charge in [0.2, 0.25) is 0 Å². The second kappa shape index (κ2) is 5.15. The second-order valence-corrected chi connectivity index (χ2v) is 5.95. The minimum Gasteiger partial charge on any atom is -0.298 e. The minimum absolute atomic E-state index is 0.130. The molecule has 0 saturated heterocycles. The van der Waals surface area contributed by atoms with E-state index >= 15 is 0 Å². The molecule has 0 amide bonds. The third-order valence-corrected chi connectivity index (χ3v) is 4.98. The maximum Gasteiger partial charge on any atom is 0.145 e. The lowest BCUT2D eigenvalue weighted by Gasteiger charge is -2.26. The molecule has 2 unspecified atom stereocenters. The zero-order valence-electron chi connectivity index (χ0n) is 9.04. The van der Waals surface area contributed by atoms with Crippen molar-refractivity contribution in [1.82, 2.24) is 0 Å². The summed E-state index contributed by atoms with van der Waals surface area (Å²) in [6.45, 7) is 0. The van der Waals surface area contributed by atoms with Crippen LogP contribution in [-0.2, 0) is 9.59 Å². The van der Waals surface area contributed by atoms with Gasteiger partial charge in [0.1, 0.15) is 11.6 Å². The molecule has 0 aliphatic heterocycles. The van der Waals surface area contributed by atoms with E-state index in [0.717, 1.165) is 51.4 Å². The molecule has 2 nitrogen and oxygen atoms in total. The van der Waals surface area contributed by atoms with Gasteiger partial charge in [0.05, 0.1) is 10.5 Å². The molecule has 2 atom stereocenters. The number of rotatable bonds is 2. The van der Waals surface area contributed by atoms with Gasteiger partial charge in [-0.15, -0.1) is 11.8 Å². The zero-order chi connectivity index (χ0) is 10.7. The zero-order valence-corrected chi connectivity index (χ0v) is 9.85. The lowest BCUT2D eigenvalue weighted by atomic mass is 9.98. The number of Topliss-reactive ketones (excluding diaryl/α,β-unsaturated/α-hetero) is 2. The molecule has 0 spiro atoms. The lowest BCUT2D eigenvalue weighted by Crippen LogP contribution is -2.29. The maximum atomic E-state index is 11.6. The van der Waals surface area contributed by atoms with E-state index in [-0.39, 0.29) is 10.5 Å². The number of carbonyl (C=O) groups excluding carboxylic acids is 2. The molecule has 2 rings (SSSR count). The Kier molecular flexibility index (Phi) is 3.84. The standard InChI is InChI=1S/C12H18O2S/c13-9-5-1-3-7-11(9)15-12-8-4-2-6-10(12)14/h11-12H,1-8H2. The average Bonchev–Trinajstić information content (AvgIpc) is 2.24. The first-order chi connectivity index (χ1) is 7.27. The SMILES string of the molecule is O=C1CCCCC1SC1CCCCC1=O. The van der Waals surface area contributed by atoms with E-state index in [2.05, 4.69) is 0 Å². The summed E-state index contributed by atoms with van der Waals surface area (Å²) in [6.07, 6.45) is 7.87. The van der Waals surface area contributed by atoms with Crippen molar-refractivity contribution >= 4 is 23.3 Å². The van der Waals surface area contributed by atoms with Crippen LogP contribution in [0.4, 0.5) is 0 Å². The normalized spacial score (nSPS) is 33.1. The van der Waals surface area contributed by atoms with Crippen molar-refractivity contribution in [2.45, 2.75) is 61.9 Å². The molecule has 2 saturated carbocycles. The molecule has 0 aromatic heterocycles. The molecule has 3 heteroatoms. The summed E-state index contributed by atoms with van der Waals surface area (Å²) < 4.78 is 0. The largest absolute Gasteiger partial charge is 0.298 e. The first-order valence-corrected chi connectivity index (χ1v) is 6.92. The van der Waals surface area contributed by atoms with E-state index in [1.807, 2.05) is 0 Å². The smallest absolute Gasteiger partial charge is 0.145 e. The average molecular weight is 226 g/mol. The van der Waals surface area contributed by atoms with Crippen molar-refractivity contribution in [2.75, 3.05) is 0 Å². The summed E-state index contributed by atoms with van der Waals surface area (Å²) in [4.78, 5) is 23.3. The molecule has 0 radical (unpaired) electrons. The molecule has 0 aromatic carbocycles. The highest BCUT2D eigenvalue weighted by Gasteiger charge is 2.30. The Morgan fingerprint density at radius 1 is 0.800 bits per heavy atom. The fourth-order valence-corrected chi connectivity index (χ4v) is 3.93. The van der Waals surface area contributed by atoms with E-state index in [4.69, 9.17) is 0 Å². The second-order valence-electron chi connectivity index (χ2n) is 4.54. The van der Waals surface area contributed by atoms with Crippen LogP contribution in [0.25, 0.3) is 0 Å². The molecule has 0 N–H and O–H groups in total. The summed E-state index contributed by atoms with van der Waals surface area (Å²) in [5.74, 6) is 0.759. The molecule has 0 aromatic rings. The third-order valence-electron chi connectivity index (χ3n) is 3.33. The molecule has 2 aliphatic carbocycles. The number of carbonyl (C=O) groups is 2. The Labute approximate surface area is 95.2 Å². The summed E-state index contributed by atoms with van der Waals surface area (Å²) in [5.41, 5.74) is 0. The lowest BCUT2D eigenvalue weighted by molar-refractivity contribution is -0.119. The Hall–Kier alpha value is -0.310. The van der Waals surface area contributed by atoms with E-state index < -0.39 is 0 Å². The molecule has 84 valence electrons. The van der Waals surface area contributed by atoms with Gasteiger partial charge in [-0.25, -0.2) is 0 Å². The molecular weight excluding hydrogens is 208 g/mol. The van der Waals surface area contributed by atoms with Crippen LogP contribution >= 0.6 is 11.8 Å². The highest BCUT2D eigenvalue weighted by atomic mass is 32.2. The van der Waals surface area contributed by atoms with Crippen LogP contribution in [0.2, 0.25) is 0 Å². The van der Waals surface area contributed by atoms with E-state index in [9.17, 15) is 9.59 Å². The fraction of sp³-hybridized carbons (Fsp3) is 0.833. The predicted octanol–water partition coefficient (Wildman–Crippen LogP) is 2.74. The monoisotopic (exact) mass is 226 g/mol. The highest BCUT2D eigenvalue weighted by Crippen LogP contribution is 2.33. The number of thioether (sulfide) groups is 1. The van der Waals surface area contributed by atoms with Crippen LogP contribution in [0.1, 0.15) is 51.4 Å². The van der Waals surface area contributed by atoms with Crippen LogP contribution in [0.3, 0.4) is 0 Å². The van der Waals surface area contributed by atoms with E-state index in [1.54, 1.807) is 11.8 Å². The summed E-state index contributed by atoms with van der Waals surface area (Å²) in [5, 5.41) is 0.261. The van der Waals surface area contributed by atoms with Gasteiger partial charge in [-0.2, -0.15) is 0 Å². The van der Waals surface area contributed by atoms with Crippen molar-refractivity contribution in [3.05, 3.63) is 0 Å². The summed E-state index contributed by atoms with van der Waals surface area (Å²) >= 11 is 1.66. The van der Waals surface area contributed by atoms with Crippen LogP contribution < -0.4 is 0 Å². The van der Waals surface area contributed by atoms with Crippen molar-refractivity contribution < 1.29 is 9.59 Å². The van der Waals surface area contributed by atoms with Crippen LogP contribution in [-0.4, -0.2) is 22.1 Å².